The van der Waals surface area contributed by atoms with Crippen LogP contribution in [0.2, 0.25) is 5.02 Å². The van der Waals surface area contributed by atoms with Gasteiger partial charge in [-0.15, -0.1) is 0 Å². The third-order valence-corrected chi connectivity index (χ3v) is 9.60. The molecule has 3 aromatic heterocycles. The number of nitrogens with one attached hydrogen (secondary N) is 1. The summed E-state index contributed by atoms with van der Waals surface area (Å²) in [6.07, 6.45) is 2.41. The molecule has 46 heavy (non-hydrogen) atoms. The highest BCUT2D eigenvalue weighted by Crippen LogP contribution is 2.48. The smallest absolute Gasteiger partial charge is 0.461 e. The van der Waals surface area contributed by atoms with Crippen molar-refractivity contribution in [2.75, 3.05) is 57.5 Å². The maximum absolute atomic E-state index is 16.9. The molecule has 0 radical (unpaired) electrons. The molecule has 1 aromatic carbocycles. The molecule has 0 amide bonds. The number of halogens is 4. The molecule has 1 N–H and O–H groups in total. The SMILES string of the molecule is O=C1OCCCc2c(Cl)cc3[nH]ncc3c2-c2ncc3c(nc(OC[C@]45CCN4CC(F)(F)C5)nc3c2F)N2CCOC[C@H](C2)O1. The average molecular weight is 660 g/mol. The number of nitrogens with zero attached hydrogens (tertiary/aromatic N) is 6. The third kappa shape index (κ3) is 5.04. The summed E-state index contributed by atoms with van der Waals surface area (Å²) in [6.45, 7) is 1.04. The number of anilines is 1. The number of carbonyl (C=O) groups is 1. The van der Waals surface area contributed by atoms with E-state index in [9.17, 15) is 13.6 Å². The summed E-state index contributed by atoms with van der Waals surface area (Å²) in [5.74, 6) is -3.28. The maximum Gasteiger partial charge on any atom is 0.508 e. The Kier molecular flexibility index (Phi) is 7.10. The van der Waals surface area contributed by atoms with Gasteiger partial charge in [-0.2, -0.15) is 15.1 Å². The molecule has 4 aromatic rings. The Morgan fingerprint density at radius 2 is 2.07 bits per heavy atom. The average Bonchev–Trinajstić information content (AvgIpc) is 3.44. The Morgan fingerprint density at radius 3 is 2.89 bits per heavy atom. The largest absolute Gasteiger partial charge is 0.508 e. The number of pyridine rings is 1. The van der Waals surface area contributed by atoms with Gasteiger partial charge in [-0.25, -0.2) is 18.0 Å². The minimum atomic E-state index is -2.82. The first-order valence-corrected chi connectivity index (χ1v) is 15.5. The van der Waals surface area contributed by atoms with Crippen molar-refractivity contribution < 1.29 is 36.9 Å². The molecule has 3 fully saturated rings. The number of aromatic amines is 1. The van der Waals surface area contributed by atoms with Crippen molar-refractivity contribution in [1.29, 1.82) is 0 Å². The number of carbonyl (C=O) groups excluding carboxylic acids is 1. The van der Waals surface area contributed by atoms with E-state index in [1.807, 2.05) is 0 Å². The van der Waals surface area contributed by atoms with E-state index in [0.29, 0.717) is 59.4 Å². The molecule has 16 heteroatoms. The van der Waals surface area contributed by atoms with Crippen LogP contribution in [0.5, 0.6) is 6.01 Å². The van der Waals surface area contributed by atoms with Gasteiger partial charge in [0.25, 0.3) is 5.92 Å². The van der Waals surface area contributed by atoms with Crippen molar-refractivity contribution in [2.24, 2.45) is 0 Å². The second kappa shape index (κ2) is 11.1. The highest BCUT2D eigenvalue weighted by Gasteiger charge is 2.60. The van der Waals surface area contributed by atoms with Crippen molar-refractivity contribution in [2.45, 2.75) is 43.2 Å². The van der Waals surface area contributed by atoms with Gasteiger partial charge in [-0.05, 0) is 30.9 Å². The predicted octanol–water partition coefficient (Wildman–Crippen LogP) is 4.53. The Morgan fingerprint density at radius 1 is 1.17 bits per heavy atom. The lowest BCUT2D eigenvalue weighted by molar-refractivity contribution is -0.0132. The molecule has 5 aliphatic heterocycles. The van der Waals surface area contributed by atoms with E-state index >= 15 is 4.39 Å². The topological polar surface area (TPSA) is 128 Å². The van der Waals surface area contributed by atoms with Crippen molar-refractivity contribution in [3.8, 4) is 17.3 Å². The van der Waals surface area contributed by atoms with Gasteiger partial charge in [0.2, 0.25) is 0 Å². The van der Waals surface area contributed by atoms with Crippen LogP contribution in [0.1, 0.15) is 24.8 Å². The quantitative estimate of drug-likeness (QED) is 0.312. The highest BCUT2D eigenvalue weighted by molar-refractivity contribution is 6.33. The molecule has 0 spiro atoms. The van der Waals surface area contributed by atoms with Crippen LogP contribution in [0, 0.1) is 5.82 Å². The number of alkyl halides is 2. The van der Waals surface area contributed by atoms with E-state index < -0.39 is 29.5 Å². The van der Waals surface area contributed by atoms with E-state index in [0.717, 1.165) is 0 Å². The molecule has 6 bridgehead atoms. The number of ether oxygens (including phenoxy) is 4. The third-order valence-electron chi connectivity index (χ3n) is 9.26. The summed E-state index contributed by atoms with van der Waals surface area (Å²) < 4.78 is 68.2. The van der Waals surface area contributed by atoms with Crippen LogP contribution >= 0.6 is 11.6 Å². The molecule has 0 unspecified atom stereocenters. The Labute approximate surface area is 265 Å². The van der Waals surface area contributed by atoms with Crippen LogP contribution < -0.4 is 9.64 Å². The van der Waals surface area contributed by atoms with Gasteiger partial charge in [-0.1, -0.05) is 11.6 Å². The molecule has 5 aliphatic rings. The first kappa shape index (κ1) is 29.5. The molecule has 9 rings (SSSR count). The number of fused-ring (bicyclic) bond motifs is 8. The normalized spacial score (nSPS) is 24.7. The Bertz CT molecular complexity index is 1860. The van der Waals surface area contributed by atoms with Crippen molar-refractivity contribution in [1.82, 2.24) is 30.0 Å². The maximum atomic E-state index is 16.9. The summed E-state index contributed by atoms with van der Waals surface area (Å²) in [5, 5.41) is 8.25. The summed E-state index contributed by atoms with van der Waals surface area (Å²) in [6, 6.07) is 1.53. The molecule has 2 atom stereocenters. The number of aromatic nitrogens is 5. The number of H-pyrrole nitrogens is 1. The van der Waals surface area contributed by atoms with E-state index in [-0.39, 0.29) is 74.4 Å². The minimum Gasteiger partial charge on any atom is -0.461 e. The van der Waals surface area contributed by atoms with Crippen LogP contribution in [0.15, 0.2) is 18.5 Å². The van der Waals surface area contributed by atoms with Crippen molar-refractivity contribution >= 4 is 45.4 Å². The van der Waals surface area contributed by atoms with Gasteiger partial charge in [-0.3, -0.25) is 15.0 Å². The fourth-order valence-electron chi connectivity index (χ4n) is 7.00. The van der Waals surface area contributed by atoms with Crippen LogP contribution in [0.25, 0.3) is 33.1 Å². The molecular formula is C30H29ClF3N7O5. The fourth-order valence-corrected chi connectivity index (χ4v) is 7.30. The monoisotopic (exact) mass is 659 g/mol. The lowest BCUT2D eigenvalue weighted by atomic mass is 9.85. The second-order valence-electron chi connectivity index (χ2n) is 12.2. The standard InChI is InChI=1S/C30H29ClF3N7O5/c31-20-8-21-18(10-36-39-21)22-17(20)2-1-6-44-28(42)46-16-11-40(5-7-43-12-16)26-19-9-35-25(22)23(32)24(19)37-27(38-26)45-15-29-3-4-41(29)14-30(33,34)13-29/h8-10,16H,1-7,11-15H2,(H,36,39)/t16-,29+/m0/s1. The first-order chi connectivity index (χ1) is 22.2. The Balaban J connectivity index is 1.29. The first-order valence-electron chi connectivity index (χ1n) is 15.1. The van der Waals surface area contributed by atoms with Crippen LogP contribution in [-0.2, 0) is 20.6 Å². The highest BCUT2D eigenvalue weighted by atomic mass is 35.5. The minimum absolute atomic E-state index is 0.00399. The summed E-state index contributed by atoms with van der Waals surface area (Å²) in [4.78, 5) is 29.8. The predicted molar refractivity (Wildman–Crippen MR) is 159 cm³/mol. The summed E-state index contributed by atoms with van der Waals surface area (Å²) in [7, 11) is 0. The van der Waals surface area contributed by atoms with Gasteiger partial charge in [0, 0.05) is 41.7 Å². The van der Waals surface area contributed by atoms with E-state index in [1.54, 1.807) is 22.1 Å². The van der Waals surface area contributed by atoms with Crippen LogP contribution in [-0.4, -0.2) is 106 Å². The van der Waals surface area contributed by atoms with Gasteiger partial charge >= 0.3 is 12.2 Å². The van der Waals surface area contributed by atoms with Crippen LogP contribution in [0.4, 0.5) is 23.8 Å². The zero-order chi connectivity index (χ0) is 31.6. The van der Waals surface area contributed by atoms with E-state index in [1.165, 1.54) is 6.20 Å². The molecule has 12 nitrogen and oxygen atoms in total. The van der Waals surface area contributed by atoms with Gasteiger partial charge in [0.15, 0.2) is 5.82 Å². The second-order valence-corrected chi connectivity index (χ2v) is 12.6. The van der Waals surface area contributed by atoms with Crippen molar-refractivity contribution in [3.63, 3.8) is 0 Å². The zero-order valence-electron chi connectivity index (χ0n) is 24.5. The van der Waals surface area contributed by atoms with Gasteiger partial charge in [0.05, 0.1) is 55.5 Å². The lowest BCUT2D eigenvalue weighted by Crippen LogP contribution is -2.59. The molecule has 0 aliphatic carbocycles. The number of hydrogen-bond donors (Lipinski definition) is 1. The summed E-state index contributed by atoms with van der Waals surface area (Å²) in [5.41, 5.74) is 0.689. The lowest BCUT2D eigenvalue weighted by Gasteiger charge is -2.46. The zero-order valence-corrected chi connectivity index (χ0v) is 25.3. The number of rotatable bonds is 3. The van der Waals surface area contributed by atoms with Gasteiger partial charge < -0.3 is 23.8 Å². The number of hydrogen-bond acceptors (Lipinski definition) is 11. The molecule has 8 heterocycles. The Hall–Kier alpha value is -3.95. The van der Waals surface area contributed by atoms with Gasteiger partial charge in [0.1, 0.15) is 29.7 Å². The summed E-state index contributed by atoms with van der Waals surface area (Å²) >= 11 is 6.72. The molecule has 0 saturated carbocycles. The molecule has 242 valence electrons. The van der Waals surface area contributed by atoms with Crippen LogP contribution in [0.3, 0.4) is 0 Å². The van der Waals surface area contributed by atoms with E-state index in [2.05, 4.69) is 25.1 Å². The fraction of sp³-hybridized carbons (Fsp3) is 0.500. The number of benzene rings is 1. The van der Waals surface area contributed by atoms with Crippen molar-refractivity contribution in [3.05, 3.63) is 34.9 Å². The molecular weight excluding hydrogens is 631 g/mol. The molecule has 3 saturated heterocycles. The van der Waals surface area contributed by atoms with E-state index in [4.69, 9.17) is 30.5 Å².